The van der Waals surface area contributed by atoms with Crippen LogP contribution in [0.5, 0.6) is 5.75 Å². The number of phenols is 1. The van der Waals surface area contributed by atoms with Gasteiger partial charge in [0.2, 0.25) is 0 Å². The van der Waals surface area contributed by atoms with Crippen LogP contribution in [0.2, 0.25) is 0 Å². The van der Waals surface area contributed by atoms with Gasteiger partial charge in [-0.15, -0.1) is 12.4 Å². The summed E-state index contributed by atoms with van der Waals surface area (Å²) in [4.78, 5) is 0. The number of aliphatic hydroxyl groups is 1. The predicted octanol–water partition coefficient (Wildman–Crippen LogP) is 2.56. The quantitative estimate of drug-likeness (QED) is 0.812. The second kappa shape index (κ2) is 7.24. The molecule has 2 rings (SSSR count). The molecule has 0 aliphatic heterocycles. The van der Waals surface area contributed by atoms with E-state index < -0.39 is 18.0 Å². The molecule has 20 heavy (non-hydrogen) atoms. The van der Waals surface area contributed by atoms with Crippen molar-refractivity contribution in [1.82, 2.24) is 0 Å². The summed E-state index contributed by atoms with van der Waals surface area (Å²) in [6.45, 7) is 0. The molecule has 0 bridgehead atoms. The summed E-state index contributed by atoms with van der Waals surface area (Å²) in [5.74, 6) is -0.773. The molecule has 0 radical (unpaired) electrons. The maximum atomic E-state index is 13.6. The van der Waals surface area contributed by atoms with E-state index in [9.17, 15) is 9.50 Å². The van der Waals surface area contributed by atoms with Gasteiger partial charge in [0.05, 0.1) is 12.1 Å². The molecule has 0 saturated heterocycles. The zero-order valence-electron chi connectivity index (χ0n) is 10.7. The van der Waals surface area contributed by atoms with Crippen molar-refractivity contribution in [3.63, 3.8) is 0 Å². The van der Waals surface area contributed by atoms with Crippen molar-refractivity contribution in [3.05, 3.63) is 65.5 Å². The van der Waals surface area contributed by atoms with Gasteiger partial charge in [0.15, 0.2) is 0 Å². The molecule has 0 unspecified atom stereocenters. The summed E-state index contributed by atoms with van der Waals surface area (Å²) in [7, 11) is 0. The fourth-order valence-corrected chi connectivity index (χ4v) is 1.98. The Morgan fingerprint density at radius 2 is 1.75 bits per heavy atom. The van der Waals surface area contributed by atoms with Crippen LogP contribution < -0.4 is 5.73 Å². The van der Waals surface area contributed by atoms with Crippen molar-refractivity contribution in [2.75, 3.05) is 0 Å². The first-order chi connectivity index (χ1) is 9.08. The van der Waals surface area contributed by atoms with Crippen molar-refractivity contribution in [2.24, 2.45) is 5.73 Å². The highest BCUT2D eigenvalue weighted by Crippen LogP contribution is 2.23. The molecule has 0 amide bonds. The first kappa shape index (κ1) is 16.4. The molecular formula is C15H17ClFNO2. The van der Waals surface area contributed by atoms with E-state index in [0.717, 1.165) is 11.6 Å². The SMILES string of the molecule is Cl.N[C@H](c1ccc(O)cc1F)[C@@H](O)Cc1ccccc1. The van der Waals surface area contributed by atoms with Crippen LogP contribution >= 0.6 is 12.4 Å². The van der Waals surface area contributed by atoms with E-state index in [1.165, 1.54) is 12.1 Å². The highest BCUT2D eigenvalue weighted by molar-refractivity contribution is 5.85. The van der Waals surface area contributed by atoms with Crippen LogP contribution in [0.1, 0.15) is 17.2 Å². The minimum absolute atomic E-state index is 0. The van der Waals surface area contributed by atoms with E-state index in [-0.39, 0.29) is 23.7 Å². The Balaban J connectivity index is 0.00000200. The number of nitrogens with two attached hydrogens (primary N) is 1. The Labute approximate surface area is 123 Å². The van der Waals surface area contributed by atoms with E-state index in [4.69, 9.17) is 10.8 Å². The van der Waals surface area contributed by atoms with Gasteiger partial charge in [0, 0.05) is 18.1 Å². The molecular weight excluding hydrogens is 281 g/mol. The number of aliphatic hydroxyl groups excluding tert-OH is 1. The molecule has 0 aliphatic rings. The minimum Gasteiger partial charge on any atom is -0.508 e. The van der Waals surface area contributed by atoms with Crippen molar-refractivity contribution in [2.45, 2.75) is 18.6 Å². The maximum absolute atomic E-state index is 13.6. The topological polar surface area (TPSA) is 66.5 Å². The van der Waals surface area contributed by atoms with Crippen LogP contribution in [-0.2, 0) is 6.42 Å². The molecule has 3 nitrogen and oxygen atoms in total. The molecule has 0 saturated carbocycles. The Morgan fingerprint density at radius 1 is 1.10 bits per heavy atom. The molecule has 4 N–H and O–H groups in total. The van der Waals surface area contributed by atoms with Crippen LogP contribution in [0.25, 0.3) is 0 Å². The Kier molecular flexibility index (Phi) is 5.95. The van der Waals surface area contributed by atoms with Gasteiger partial charge >= 0.3 is 0 Å². The van der Waals surface area contributed by atoms with Gasteiger partial charge in [-0.1, -0.05) is 36.4 Å². The Bertz CT molecular complexity index is 551. The van der Waals surface area contributed by atoms with E-state index >= 15 is 0 Å². The molecule has 0 heterocycles. The van der Waals surface area contributed by atoms with Gasteiger partial charge in [-0.05, 0) is 11.6 Å². The van der Waals surface area contributed by atoms with Crippen LogP contribution in [0, 0.1) is 5.82 Å². The number of hydrogen-bond donors (Lipinski definition) is 3. The lowest BCUT2D eigenvalue weighted by Gasteiger charge is -2.20. The van der Waals surface area contributed by atoms with Crippen LogP contribution in [-0.4, -0.2) is 16.3 Å². The van der Waals surface area contributed by atoms with Crippen molar-refractivity contribution in [1.29, 1.82) is 0 Å². The zero-order chi connectivity index (χ0) is 13.8. The maximum Gasteiger partial charge on any atom is 0.131 e. The third-order valence-corrected chi connectivity index (χ3v) is 3.05. The summed E-state index contributed by atoms with van der Waals surface area (Å²) in [6.07, 6.45) is -0.538. The van der Waals surface area contributed by atoms with E-state index in [0.29, 0.717) is 6.42 Å². The second-order valence-corrected chi connectivity index (χ2v) is 4.49. The molecule has 0 aliphatic carbocycles. The van der Waals surface area contributed by atoms with Gasteiger partial charge in [0.25, 0.3) is 0 Å². The van der Waals surface area contributed by atoms with Gasteiger partial charge in [0.1, 0.15) is 11.6 Å². The van der Waals surface area contributed by atoms with E-state index in [2.05, 4.69) is 0 Å². The molecule has 2 aromatic rings. The fraction of sp³-hybridized carbons (Fsp3) is 0.200. The Hall–Kier alpha value is -1.62. The number of phenolic OH excluding ortho intramolecular Hbond substituents is 1. The lowest BCUT2D eigenvalue weighted by atomic mass is 9.96. The zero-order valence-corrected chi connectivity index (χ0v) is 11.6. The number of halogens is 2. The second-order valence-electron chi connectivity index (χ2n) is 4.49. The third kappa shape index (κ3) is 3.93. The summed E-state index contributed by atoms with van der Waals surface area (Å²) in [5, 5.41) is 19.2. The number of benzene rings is 2. The van der Waals surface area contributed by atoms with Gasteiger partial charge < -0.3 is 15.9 Å². The third-order valence-electron chi connectivity index (χ3n) is 3.05. The lowest BCUT2D eigenvalue weighted by molar-refractivity contribution is 0.143. The monoisotopic (exact) mass is 297 g/mol. The minimum atomic E-state index is -0.888. The number of rotatable bonds is 4. The summed E-state index contributed by atoms with van der Waals surface area (Å²) in [6, 6.07) is 12.3. The summed E-state index contributed by atoms with van der Waals surface area (Å²) in [5.41, 5.74) is 7.00. The van der Waals surface area contributed by atoms with E-state index in [1.54, 1.807) is 0 Å². The average Bonchev–Trinajstić information content (AvgIpc) is 2.39. The number of aromatic hydroxyl groups is 1. The van der Waals surface area contributed by atoms with Crippen LogP contribution in [0.3, 0.4) is 0 Å². The van der Waals surface area contributed by atoms with Crippen molar-refractivity contribution < 1.29 is 14.6 Å². The largest absolute Gasteiger partial charge is 0.508 e. The van der Waals surface area contributed by atoms with Crippen LogP contribution in [0.4, 0.5) is 4.39 Å². The normalized spacial score (nSPS) is 13.3. The van der Waals surface area contributed by atoms with Gasteiger partial charge in [-0.2, -0.15) is 0 Å². The summed E-state index contributed by atoms with van der Waals surface area (Å²) < 4.78 is 13.6. The standard InChI is InChI=1S/C15H16FNO2.ClH/c16-13-9-11(18)6-7-12(13)15(17)14(19)8-10-4-2-1-3-5-10;/h1-7,9,14-15,18-19H,8,17H2;1H/t14-,15+;/m0./s1. The predicted molar refractivity (Wildman–Crippen MR) is 78.4 cm³/mol. The highest BCUT2D eigenvalue weighted by atomic mass is 35.5. The molecule has 108 valence electrons. The van der Waals surface area contributed by atoms with E-state index in [1.807, 2.05) is 30.3 Å². The first-order valence-electron chi connectivity index (χ1n) is 6.04. The van der Waals surface area contributed by atoms with Crippen LogP contribution in [0.15, 0.2) is 48.5 Å². The number of hydrogen-bond acceptors (Lipinski definition) is 3. The molecule has 5 heteroatoms. The summed E-state index contributed by atoms with van der Waals surface area (Å²) >= 11 is 0. The first-order valence-corrected chi connectivity index (χ1v) is 6.04. The van der Waals surface area contributed by atoms with Crippen molar-refractivity contribution >= 4 is 12.4 Å². The fourth-order valence-electron chi connectivity index (χ4n) is 1.98. The Morgan fingerprint density at radius 3 is 2.35 bits per heavy atom. The van der Waals surface area contributed by atoms with Gasteiger partial charge in [-0.3, -0.25) is 0 Å². The molecule has 0 spiro atoms. The average molecular weight is 298 g/mol. The molecule has 0 aromatic heterocycles. The molecule has 2 atom stereocenters. The van der Waals surface area contributed by atoms with Gasteiger partial charge in [-0.25, -0.2) is 4.39 Å². The van der Waals surface area contributed by atoms with Crippen molar-refractivity contribution in [3.8, 4) is 5.75 Å². The smallest absolute Gasteiger partial charge is 0.131 e. The molecule has 0 fully saturated rings. The highest BCUT2D eigenvalue weighted by Gasteiger charge is 2.20. The lowest BCUT2D eigenvalue weighted by Crippen LogP contribution is -2.28. The molecule has 2 aromatic carbocycles.